The number of anilines is 2. The van der Waals surface area contributed by atoms with E-state index in [4.69, 9.17) is 9.47 Å². The Hall–Kier alpha value is -4.02. The van der Waals surface area contributed by atoms with Crippen LogP contribution in [0.4, 0.5) is 11.4 Å². The van der Waals surface area contributed by atoms with Crippen LogP contribution in [0, 0.1) is 11.3 Å². The molecule has 2 aromatic heterocycles. The Balaban J connectivity index is 1.65. The van der Waals surface area contributed by atoms with Crippen LogP contribution in [-0.4, -0.2) is 47.2 Å². The molecule has 2 heterocycles. The van der Waals surface area contributed by atoms with Gasteiger partial charge in [0.15, 0.2) is 11.5 Å². The fraction of sp³-hybridized carbons (Fsp3) is 0.310. The molecule has 0 aliphatic rings. The summed E-state index contributed by atoms with van der Waals surface area (Å²) in [6, 6.07) is 17.0. The summed E-state index contributed by atoms with van der Waals surface area (Å²) in [7, 11) is 1.64. The van der Waals surface area contributed by atoms with Crippen LogP contribution in [0.5, 0.6) is 11.5 Å². The van der Waals surface area contributed by atoms with Crippen molar-refractivity contribution in [2.24, 2.45) is 0 Å². The Kier molecular flexibility index (Phi) is 7.77. The molecule has 0 aliphatic heterocycles. The molecule has 0 fully saturated rings. The van der Waals surface area contributed by atoms with Crippen molar-refractivity contribution in [1.82, 2.24) is 14.9 Å². The zero-order valence-corrected chi connectivity index (χ0v) is 21.5. The summed E-state index contributed by atoms with van der Waals surface area (Å²) in [5.41, 5.74) is 4.79. The van der Waals surface area contributed by atoms with Gasteiger partial charge in [-0.25, -0.2) is 0 Å². The minimum atomic E-state index is 0.431. The number of H-pyrrole nitrogens is 1. The zero-order valence-electron chi connectivity index (χ0n) is 21.5. The number of hydrogen-bond acceptors (Lipinski definition) is 6. The van der Waals surface area contributed by atoms with E-state index in [1.165, 1.54) is 0 Å². The van der Waals surface area contributed by atoms with E-state index in [1.54, 1.807) is 19.5 Å². The Morgan fingerprint density at radius 2 is 1.83 bits per heavy atom. The smallest absolute Gasteiger partial charge is 0.161 e. The molecule has 4 rings (SSSR count). The maximum atomic E-state index is 9.82. The van der Waals surface area contributed by atoms with Gasteiger partial charge in [-0.15, -0.1) is 0 Å². The number of pyridine rings is 1. The van der Waals surface area contributed by atoms with Crippen LogP contribution >= 0.6 is 0 Å². The molecule has 0 radical (unpaired) electrons. The lowest BCUT2D eigenvalue weighted by molar-refractivity contribution is 0.140. The van der Waals surface area contributed by atoms with Crippen LogP contribution in [0.2, 0.25) is 0 Å². The number of benzene rings is 2. The number of ether oxygens (including phenoxy) is 2. The highest BCUT2D eigenvalue weighted by molar-refractivity contribution is 5.88. The number of rotatable bonds is 10. The number of fused-ring (bicyclic) bond motifs is 1. The van der Waals surface area contributed by atoms with Crippen molar-refractivity contribution in [2.75, 3.05) is 25.6 Å². The van der Waals surface area contributed by atoms with E-state index in [2.05, 4.69) is 60.0 Å². The topological polar surface area (TPSA) is 86.2 Å². The maximum absolute atomic E-state index is 9.82. The van der Waals surface area contributed by atoms with Crippen molar-refractivity contribution >= 4 is 22.3 Å². The molecule has 2 N–H and O–H groups in total. The lowest BCUT2D eigenvalue weighted by Gasteiger charge is -2.30. The molecular weight excluding hydrogens is 450 g/mol. The van der Waals surface area contributed by atoms with Crippen molar-refractivity contribution in [3.05, 3.63) is 66.6 Å². The third kappa shape index (κ3) is 5.45. The van der Waals surface area contributed by atoms with E-state index in [-0.39, 0.29) is 0 Å². The van der Waals surface area contributed by atoms with Crippen molar-refractivity contribution in [3.8, 4) is 28.7 Å². The quantitative estimate of drug-likeness (QED) is 0.273. The first kappa shape index (κ1) is 25.1. The average Bonchev–Trinajstić information content (AvgIpc) is 3.34. The lowest BCUT2D eigenvalue weighted by Crippen LogP contribution is -2.39. The third-order valence-corrected chi connectivity index (χ3v) is 6.30. The molecule has 7 nitrogen and oxygen atoms in total. The molecule has 2 aromatic carbocycles. The largest absolute Gasteiger partial charge is 0.493 e. The van der Waals surface area contributed by atoms with Crippen LogP contribution in [0.15, 0.2) is 61.1 Å². The second-order valence-electron chi connectivity index (χ2n) is 9.27. The van der Waals surface area contributed by atoms with E-state index >= 15 is 0 Å². The highest BCUT2D eigenvalue weighted by atomic mass is 16.5. The van der Waals surface area contributed by atoms with Crippen LogP contribution < -0.4 is 14.8 Å². The van der Waals surface area contributed by atoms with E-state index < -0.39 is 0 Å². The first-order valence-electron chi connectivity index (χ1n) is 12.2. The van der Waals surface area contributed by atoms with Crippen molar-refractivity contribution in [3.63, 3.8) is 0 Å². The van der Waals surface area contributed by atoms with Gasteiger partial charge in [-0.1, -0.05) is 6.07 Å². The molecule has 0 aliphatic carbocycles. The zero-order chi connectivity index (χ0) is 25.7. The Morgan fingerprint density at radius 1 is 1.03 bits per heavy atom. The molecule has 7 heteroatoms. The van der Waals surface area contributed by atoms with Gasteiger partial charge < -0.3 is 19.8 Å². The van der Waals surface area contributed by atoms with Gasteiger partial charge in [0.1, 0.15) is 12.7 Å². The minimum Gasteiger partial charge on any atom is -0.493 e. The maximum Gasteiger partial charge on any atom is 0.161 e. The van der Waals surface area contributed by atoms with E-state index in [0.717, 1.165) is 34.3 Å². The van der Waals surface area contributed by atoms with E-state index in [0.29, 0.717) is 41.4 Å². The molecule has 0 spiro atoms. The first-order valence-corrected chi connectivity index (χ1v) is 12.2. The second-order valence-corrected chi connectivity index (χ2v) is 9.27. The number of aromatic amines is 1. The molecule has 4 aromatic rings. The monoisotopic (exact) mass is 483 g/mol. The van der Waals surface area contributed by atoms with Crippen molar-refractivity contribution < 1.29 is 9.47 Å². The number of nitrogens with zero attached hydrogens (tertiary/aromatic N) is 3. The highest BCUT2D eigenvalue weighted by Crippen LogP contribution is 2.38. The van der Waals surface area contributed by atoms with Gasteiger partial charge in [0.2, 0.25) is 0 Å². The second kappa shape index (κ2) is 11.1. The summed E-state index contributed by atoms with van der Waals surface area (Å²) in [4.78, 5) is 9.92. The van der Waals surface area contributed by atoms with Gasteiger partial charge in [-0.05, 0) is 69.7 Å². The molecule has 186 valence electrons. The molecule has 0 amide bonds. The van der Waals surface area contributed by atoms with Crippen LogP contribution in [0.1, 0.15) is 33.3 Å². The van der Waals surface area contributed by atoms with Crippen LogP contribution in [-0.2, 0) is 0 Å². The van der Waals surface area contributed by atoms with E-state index in [9.17, 15) is 5.26 Å². The van der Waals surface area contributed by atoms with Gasteiger partial charge in [0.05, 0.1) is 18.4 Å². The van der Waals surface area contributed by atoms with Gasteiger partial charge in [0.25, 0.3) is 0 Å². The molecule has 0 atom stereocenters. The van der Waals surface area contributed by atoms with Crippen LogP contribution in [0.25, 0.3) is 22.0 Å². The van der Waals surface area contributed by atoms with Crippen LogP contribution in [0.3, 0.4) is 0 Å². The van der Waals surface area contributed by atoms with Gasteiger partial charge >= 0.3 is 0 Å². The van der Waals surface area contributed by atoms with Gasteiger partial charge in [0, 0.05) is 59.4 Å². The molecule has 0 unspecified atom stereocenters. The Bertz CT molecular complexity index is 1360. The summed E-state index contributed by atoms with van der Waals surface area (Å²) < 4.78 is 11.8. The van der Waals surface area contributed by atoms with Crippen molar-refractivity contribution in [2.45, 2.75) is 39.8 Å². The molecular formula is C29H33N5O2. The lowest BCUT2D eigenvalue weighted by atomic mass is 10.0. The Morgan fingerprint density at radius 3 is 2.56 bits per heavy atom. The predicted molar refractivity (Wildman–Crippen MR) is 145 cm³/mol. The fourth-order valence-corrected chi connectivity index (χ4v) is 4.50. The van der Waals surface area contributed by atoms with Crippen molar-refractivity contribution in [1.29, 1.82) is 5.26 Å². The number of hydrogen-bond donors (Lipinski definition) is 2. The van der Waals surface area contributed by atoms with Gasteiger partial charge in [-0.2, -0.15) is 5.26 Å². The molecule has 0 saturated carbocycles. The molecule has 0 saturated heterocycles. The SMILES string of the molecule is COc1ccc(-c2cncc(C#N)c2Nc2ccc3[nH]ccc3c2)cc1OCCN(C(C)C)C(C)C. The normalized spacial score (nSPS) is 11.3. The highest BCUT2D eigenvalue weighted by Gasteiger charge is 2.16. The summed E-state index contributed by atoms with van der Waals surface area (Å²) in [5, 5.41) is 14.4. The fourth-order valence-electron chi connectivity index (χ4n) is 4.50. The number of methoxy groups -OCH3 is 1. The average molecular weight is 484 g/mol. The standard InChI is InChI=1S/C29H33N5O2/c1-19(2)34(20(3)4)12-13-36-28-15-21(6-9-27(28)35-5)25-18-31-17-23(16-30)29(25)33-24-7-8-26-22(14-24)10-11-32-26/h6-11,14-15,17-20,32H,12-13H2,1-5H3,(H,31,33). The summed E-state index contributed by atoms with van der Waals surface area (Å²) in [5.74, 6) is 1.32. The van der Waals surface area contributed by atoms with Gasteiger partial charge in [-0.3, -0.25) is 9.88 Å². The summed E-state index contributed by atoms with van der Waals surface area (Å²) >= 11 is 0. The number of nitrogens with one attached hydrogen (secondary N) is 2. The third-order valence-electron chi connectivity index (χ3n) is 6.30. The summed E-state index contributed by atoms with van der Waals surface area (Å²) in [6.07, 6.45) is 5.25. The number of aromatic nitrogens is 2. The Labute approximate surface area is 212 Å². The number of nitriles is 1. The van der Waals surface area contributed by atoms with E-state index in [1.807, 2.05) is 42.6 Å². The first-order chi connectivity index (χ1) is 17.4. The summed E-state index contributed by atoms with van der Waals surface area (Å²) in [6.45, 7) is 10.1. The minimum absolute atomic E-state index is 0.431. The predicted octanol–water partition coefficient (Wildman–Crippen LogP) is 6.35. The molecule has 0 bridgehead atoms. The molecule has 36 heavy (non-hydrogen) atoms.